The van der Waals surface area contributed by atoms with E-state index in [0.29, 0.717) is 11.6 Å². The number of aromatic nitrogens is 1. The highest BCUT2D eigenvalue weighted by Gasteiger charge is 2.30. The minimum atomic E-state index is -0.921. The molecule has 0 saturated carbocycles. The van der Waals surface area contributed by atoms with Crippen LogP contribution >= 0.6 is 0 Å². The Morgan fingerprint density at radius 3 is 2.33 bits per heavy atom. The van der Waals surface area contributed by atoms with E-state index in [4.69, 9.17) is 5.11 Å². The highest BCUT2D eigenvalue weighted by atomic mass is 16.4. The smallest absolute Gasteiger partial charge is 0.315 e. The fraction of sp³-hybridized carbons (Fsp3) is 0.500. The standard InChI is InChI=1S/C12H17NO2/c1-8(2)9-5-6-10(13-7-9)12(3,4)11(14)15/h5-8H,1-4H3,(H,14,15). The van der Waals surface area contributed by atoms with Crippen molar-refractivity contribution in [2.75, 3.05) is 0 Å². The summed E-state index contributed by atoms with van der Waals surface area (Å²) in [6, 6.07) is 3.74. The second-order valence-corrected chi connectivity index (χ2v) is 4.56. The zero-order valence-electron chi connectivity index (χ0n) is 9.61. The number of carboxylic acids is 1. The van der Waals surface area contributed by atoms with Gasteiger partial charge in [0.2, 0.25) is 0 Å². The summed E-state index contributed by atoms with van der Waals surface area (Å²) in [6.45, 7) is 7.48. The van der Waals surface area contributed by atoms with Crippen LogP contribution in [-0.4, -0.2) is 16.1 Å². The number of pyridine rings is 1. The van der Waals surface area contributed by atoms with Crippen molar-refractivity contribution in [3.63, 3.8) is 0 Å². The predicted molar refractivity (Wildman–Crippen MR) is 59.0 cm³/mol. The van der Waals surface area contributed by atoms with Gasteiger partial charge in [-0.2, -0.15) is 0 Å². The van der Waals surface area contributed by atoms with Crippen LogP contribution in [0.15, 0.2) is 18.3 Å². The molecule has 0 fully saturated rings. The molecular weight excluding hydrogens is 190 g/mol. The summed E-state index contributed by atoms with van der Waals surface area (Å²) < 4.78 is 0. The van der Waals surface area contributed by atoms with Crippen molar-refractivity contribution in [2.45, 2.75) is 39.0 Å². The van der Waals surface area contributed by atoms with Gasteiger partial charge in [0, 0.05) is 6.20 Å². The number of hydrogen-bond donors (Lipinski definition) is 1. The normalized spacial score (nSPS) is 11.8. The van der Waals surface area contributed by atoms with Crippen LogP contribution in [0.2, 0.25) is 0 Å². The molecule has 1 aromatic heterocycles. The van der Waals surface area contributed by atoms with Crippen LogP contribution in [0.5, 0.6) is 0 Å². The summed E-state index contributed by atoms with van der Waals surface area (Å²) >= 11 is 0. The van der Waals surface area contributed by atoms with Crippen molar-refractivity contribution in [2.24, 2.45) is 0 Å². The summed E-state index contributed by atoms with van der Waals surface area (Å²) in [4.78, 5) is 15.2. The first-order valence-corrected chi connectivity index (χ1v) is 5.05. The molecule has 1 aromatic rings. The van der Waals surface area contributed by atoms with Gasteiger partial charge in [-0.3, -0.25) is 9.78 Å². The van der Waals surface area contributed by atoms with E-state index in [9.17, 15) is 4.79 Å². The molecule has 1 heterocycles. The van der Waals surface area contributed by atoms with Gasteiger partial charge in [0.05, 0.1) is 5.69 Å². The minimum absolute atomic E-state index is 0.416. The molecule has 0 aromatic carbocycles. The molecule has 1 rings (SSSR count). The topological polar surface area (TPSA) is 50.2 Å². The maximum atomic E-state index is 11.0. The Morgan fingerprint density at radius 2 is 2.00 bits per heavy atom. The summed E-state index contributed by atoms with van der Waals surface area (Å²) in [7, 11) is 0. The monoisotopic (exact) mass is 207 g/mol. The molecule has 82 valence electrons. The molecule has 3 nitrogen and oxygen atoms in total. The average Bonchev–Trinajstić information content (AvgIpc) is 2.17. The van der Waals surface area contributed by atoms with E-state index >= 15 is 0 Å². The number of nitrogens with zero attached hydrogens (tertiary/aromatic N) is 1. The third-order valence-electron chi connectivity index (χ3n) is 2.63. The summed E-state index contributed by atoms with van der Waals surface area (Å²) in [5, 5.41) is 9.03. The Bertz CT molecular complexity index is 352. The first-order valence-electron chi connectivity index (χ1n) is 5.05. The van der Waals surface area contributed by atoms with Crippen LogP contribution in [0, 0.1) is 0 Å². The molecule has 0 aliphatic carbocycles. The second kappa shape index (κ2) is 4.01. The highest BCUT2D eigenvalue weighted by Crippen LogP contribution is 2.22. The molecule has 1 N–H and O–H groups in total. The lowest BCUT2D eigenvalue weighted by Crippen LogP contribution is -2.29. The van der Waals surface area contributed by atoms with Crippen molar-refractivity contribution in [3.8, 4) is 0 Å². The van der Waals surface area contributed by atoms with E-state index in [-0.39, 0.29) is 0 Å². The second-order valence-electron chi connectivity index (χ2n) is 4.56. The lowest BCUT2D eigenvalue weighted by atomic mass is 9.88. The summed E-state index contributed by atoms with van der Waals surface area (Å²) in [6.07, 6.45) is 1.75. The Balaban J connectivity index is 3.04. The largest absolute Gasteiger partial charge is 0.481 e. The van der Waals surface area contributed by atoms with Gasteiger partial charge in [0.25, 0.3) is 0 Å². The fourth-order valence-corrected chi connectivity index (χ4v) is 1.23. The molecule has 0 atom stereocenters. The third-order valence-corrected chi connectivity index (χ3v) is 2.63. The molecular formula is C12H17NO2. The van der Waals surface area contributed by atoms with Crippen molar-refractivity contribution in [3.05, 3.63) is 29.6 Å². The van der Waals surface area contributed by atoms with E-state index in [1.165, 1.54) is 0 Å². The molecule has 0 aliphatic heterocycles. The zero-order chi connectivity index (χ0) is 11.6. The van der Waals surface area contributed by atoms with Gasteiger partial charge in [0.15, 0.2) is 0 Å². The summed E-state index contributed by atoms with van der Waals surface area (Å²) in [5.74, 6) is -0.438. The maximum Gasteiger partial charge on any atom is 0.315 e. The zero-order valence-corrected chi connectivity index (χ0v) is 9.61. The SMILES string of the molecule is CC(C)c1ccc(C(C)(C)C(=O)O)nc1. The Hall–Kier alpha value is -1.38. The van der Waals surface area contributed by atoms with E-state index in [1.54, 1.807) is 26.1 Å². The third kappa shape index (κ3) is 2.35. The number of rotatable bonds is 3. The van der Waals surface area contributed by atoms with Crippen molar-refractivity contribution in [1.29, 1.82) is 0 Å². The number of carboxylic acid groups (broad SMARTS) is 1. The first-order chi connectivity index (χ1) is 6.85. The molecule has 0 saturated heterocycles. The minimum Gasteiger partial charge on any atom is -0.481 e. The van der Waals surface area contributed by atoms with Crippen molar-refractivity contribution in [1.82, 2.24) is 4.98 Å². The molecule has 3 heteroatoms. The van der Waals surface area contributed by atoms with Crippen LogP contribution in [0.4, 0.5) is 0 Å². The highest BCUT2D eigenvalue weighted by molar-refractivity contribution is 5.79. The average molecular weight is 207 g/mol. The predicted octanol–water partition coefficient (Wildman–Crippen LogP) is 2.57. The molecule has 0 spiro atoms. The van der Waals surface area contributed by atoms with E-state index in [1.807, 2.05) is 6.07 Å². The lowest BCUT2D eigenvalue weighted by Gasteiger charge is -2.18. The first kappa shape index (κ1) is 11.7. The van der Waals surface area contributed by atoms with E-state index in [0.717, 1.165) is 5.56 Å². The van der Waals surface area contributed by atoms with Crippen molar-refractivity contribution >= 4 is 5.97 Å². The number of aliphatic carboxylic acids is 1. The van der Waals surface area contributed by atoms with Gasteiger partial charge < -0.3 is 5.11 Å². The Labute approximate surface area is 90.2 Å². The fourth-order valence-electron chi connectivity index (χ4n) is 1.23. The van der Waals surface area contributed by atoms with Crippen LogP contribution in [0.25, 0.3) is 0 Å². The molecule has 0 aliphatic rings. The van der Waals surface area contributed by atoms with E-state index in [2.05, 4.69) is 18.8 Å². The molecule has 0 unspecified atom stereocenters. The van der Waals surface area contributed by atoms with Gasteiger partial charge in [-0.05, 0) is 31.4 Å². The molecule has 0 radical (unpaired) electrons. The Morgan fingerprint density at radius 1 is 1.40 bits per heavy atom. The van der Waals surface area contributed by atoms with Gasteiger partial charge >= 0.3 is 5.97 Å². The maximum absolute atomic E-state index is 11.0. The molecule has 0 amide bonds. The van der Waals surface area contributed by atoms with Gasteiger partial charge in [0.1, 0.15) is 5.41 Å². The van der Waals surface area contributed by atoms with Crippen LogP contribution < -0.4 is 0 Å². The quantitative estimate of drug-likeness (QED) is 0.828. The Kier molecular flexibility index (Phi) is 3.12. The van der Waals surface area contributed by atoms with E-state index < -0.39 is 11.4 Å². The summed E-state index contributed by atoms with van der Waals surface area (Å²) in [5.41, 5.74) is 0.800. The molecule has 15 heavy (non-hydrogen) atoms. The number of carbonyl (C=O) groups is 1. The van der Waals surface area contributed by atoms with Crippen LogP contribution in [0.1, 0.15) is 44.9 Å². The van der Waals surface area contributed by atoms with Crippen molar-refractivity contribution < 1.29 is 9.90 Å². The number of hydrogen-bond acceptors (Lipinski definition) is 2. The molecule has 0 bridgehead atoms. The lowest BCUT2D eigenvalue weighted by molar-refractivity contribution is -0.142. The van der Waals surface area contributed by atoms with Crippen LogP contribution in [0.3, 0.4) is 0 Å². The van der Waals surface area contributed by atoms with Gasteiger partial charge in [-0.1, -0.05) is 19.9 Å². The van der Waals surface area contributed by atoms with Gasteiger partial charge in [-0.15, -0.1) is 0 Å². The van der Waals surface area contributed by atoms with Gasteiger partial charge in [-0.25, -0.2) is 0 Å². The van der Waals surface area contributed by atoms with Crippen LogP contribution in [-0.2, 0) is 10.2 Å².